The second-order valence-corrected chi connectivity index (χ2v) is 5.83. The average Bonchev–Trinajstić information content (AvgIpc) is 2.96. The van der Waals surface area contributed by atoms with Crippen molar-refractivity contribution < 1.29 is 24.2 Å². The molecule has 2 heterocycles. The number of carbonyl (C=O) groups is 3. The lowest BCUT2D eigenvalue weighted by Gasteiger charge is -2.36. The van der Waals surface area contributed by atoms with Gasteiger partial charge < -0.3 is 19.6 Å². The van der Waals surface area contributed by atoms with Crippen molar-refractivity contribution in [2.75, 3.05) is 26.2 Å². The largest absolute Gasteiger partial charge is 0.479 e. The van der Waals surface area contributed by atoms with Gasteiger partial charge in [0.1, 0.15) is 6.10 Å². The van der Waals surface area contributed by atoms with E-state index in [4.69, 9.17) is 9.84 Å². The number of carbonyl (C=O) groups excluding carboxylic acids is 2. The average molecular weight is 298 g/mol. The third-order valence-corrected chi connectivity index (χ3v) is 3.97. The van der Waals surface area contributed by atoms with Crippen molar-refractivity contribution in [3.63, 3.8) is 0 Å². The van der Waals surface area contributed by atoms with Crippen LogP contribution in [0.3, 0.4) is 0 Å². The maximum atomic E-state index is 12.3. The molecule has 2 amide bonds. The van der Waals surface area contributed by atoms with Crippen molar-refractivity contribution in [1.82, 2.24) is 9.80 Å². The number of aliphatic carboxylic acids is 1. The second kappa shape index (κ2) is 6.43. The first kappa shape index (κ1) is 15.8. The van der Waals surface area contributed by atoms with Gasteiger partial charge in [-0.05, 0) is 12.8 Å². The monoisotopic (exact) mass is 298 g/mol. The predicted octanol–water partition coefficient (Wildman–Crippen LogP) is -0.0546. The van der Waals surface area contributed by atoms with Crippen molar-refractivity contribution in [3.05, 3.63) is 0 Å². The van der Waals surface area contributed by atoms with E-state index in [-0.39, 0.29) is 17.7 Å². The van der Waals surface area contributed by atoms with Crippen molar-refractivity contribution in [2.24, 2.45) is 5.92 Å². The summed E-state index contributed by atoms with van der Waals surface area (Å²) in [5, 5.41) is 8.88. The Morgan fingerprint density at radius 1 is 1.00 bits per heavy atom. The van der Waals surface area contributed by atoms with E-state index >= 15 is 0 Å². The molecule has 2 saturated heterocycles. The number of nitrogens with zero attached hydrogens (tertiary/aromatic N) is 2. The van der Waals surface area contributed by atoms with Gasteiger partial charge in [0.05, 0.1) is 0 Å². The zero-order valence-corrected chi connectivity index (χ0v) is 12.4. The molecule has 2 aliphatic heterocycles. The Hall–Kier alpha value is -1.63. The fraction of sp³-hybridized carbons (Fsp3) is 0.786. The van der Waals surface area contributed by atoms with Crippen LogP contribution < -0.4 is 0 Å². The summed E-state index contributed by atoms with van der Waals surface area (Å²) < 4.78 is 5.28. The number of ether oxygens (including phenoxy) is 1. The molecule has 0 spiro atoms. The molecule has 0 radical (unpaired) electrons. The van der Waals surface area contributed by atoms with E-state index in [0.717, 1.165) is 0 Å². The van der Waals surface area contributed by atoms with Crippen LogP contribution >= 0.6 is 0 Å². The molecule has 7 nitrogen and oxygen atoms in total. The van der Waals surface area contributed by atoms with E-state index in [1.165, 1.54) is 0 Å². The minimum atomic E-state index is -1.02. The van der Waals surface area contributed by atoms with Gasteiger partial charge in [0.25, 0.3) is 5.91 Å². The highest BCUT2D eigenvalue weighted by molar-refractivity contribution is 5.83. The van der Waals surface area contributed by atoms with Gasteiger partial charge in [0.15, 0.2) is 6.10 Å². The van der Waals surface area contributed by atoms with Gasteiger partial charge in [-0.2, -0.15) is 0 Å². The first-order valence-corrected chi connectivity index (χ1v) is 7.36. The lowest BCUT2D eigenvalue weighted by molar-refractivity contribution is -0.156. The molecule has 0 aliphatic carbocycles. The number of piperazine rings is 1. The molecule has 2 fully saturated rings. The third-order valence-electron chi connectivity index (χ3n) is 3.97. The topological polar surface area (TPSA) is 87.2 Å². The number of carboxylic acid groups (broad SMARTS) is 1. The molecule has 2 rings (SSSR count). The zero-order valence-electron chi connectivity index (χ0n) is 12.4. The van der Waals surface area contributed by atoms with Gasteiger partial charge in [0.2, 0.25) is 5.91 Å². The summed E-state index contributed by atoms with van der Waals surface area (Å²) in [6, 6.07) is 0. The predicted molar refractivity (Wildman–Crippen MR) is 73.5 cm³/mol. The van der Waals surface area contributed by atoms with Crippen molar-refractivity contribution in [2.45, 2.75) is 38.9 Å². The van der Waals surface area contributed by atoms with Crippen molar-refractivity contribution in [3.8, 4) is 0 Å². The molecule has 7 heteroatoms. The smallest absolute Gasteiger partial charge is 0.332 e. The second-order valence-electron chi connectivity index (χ2n) is 5.83. The molecular formula is C14H22N2O5. The first-order valence-electron chi connectivity index (χ1n) is 7.36. The van der Waals surface area contributed by atoms with Gasteiger partial charge >= 0.3 is 5.97 Å². The number of carboxylic acids is 1. The normalized spacial score (nSPS) is 26.2. The molecule has 0 aromatic rings. The van der Waals surface area contributed by atoms with Crippen LogP contribution in [0.25, 0.3) is 0 Å². The highest BCUT2D eigenvalue weighted by atomic mass is 16.5. The maximum absolute atomic E-state index is 12.3. The summed E-state index contributed by atoms with van der Waals surface area (Å²) in [4.78, 5) is 38.4. The highest BCUT2D eigenvalue weighted by Gasteiger charge is 2.37. The van der Waals surface area contributed by atoms with E-state index in [2.05, 4.69) is 0 Å². The molecule has 118 valence electrons. The number of rotatable bonds is 3. The maximum Gasteiger partial charge on any atom is 0.332 e. The molecule has 0 aromatic heterocycles. The highest BCUT2D eigenvalue weighted by Crippen LogP contribution is 2.22. The Kier molecular flexibility index (Phi) is 4.82. The summed E-state index contributed by atoms with van der Waals surface area (Å²) >= 11 is 0. The van der Waals surface area contributed by atoms with Crippen LogP contribution in [-0.2, 0) is 19.1 Å². The standard InChI is InChI=1S/C14H22N2O5/c1-9(2)12(17)15-5-7-16(8-6-15)13(18)10-3-4-11(21-10)14(19)20/h9-11H,3-8H2,1-2H3,(H,19,20). The van der Waals surface area contributed by atoms with Crippen LogP contribution in [0, 0.1) is 5.92 Å². The summed E-state index contributed by atoms with van der Waals surface area (Å²) in [7, 11) is 0. The van der Waals surface area contributed by atoms with Gasteiger partial charge in [0, 0.05) is 32.1 Å². The molecule has 2 unspecified atom stereocenters. The van der Waals surface area contributed by atoms with Gasteiger partial charge in [-0.15, -0.1) is 0 Å². The molecule has 2 aliphatic rings. The van der Waals surface area contributed by atoms with Gasteiger partial charge in [-0.1, -0.05) is 13.8 Å². The van der Waals surface area contributed by atoms with Crippen LogP contribution in [0.5, 0.6) is 0 Å². The lowest BCUT2D eigenvalue weighted by atomic mass is 10.1. The molecule has 2 atom stereocenters. The minimum Gasteiger partial charge on any atom is -0.479 e. The summed E-state index contributed by atoms with van der Waals surface area (Å²) in [6.45, 7) is 5.73. The Bertz CT molecular complexity index is 429. The fourth-order valence-corrected chi connectivity index (χ4v) is 2.72. The summed E-state index contributed by atoms with van der Waals surface area (Å²) in [5.74, 6) is -1.11. The van der Waals surface area contributed by atoms with Gasteiger partial charge in [-0.3, -0.25) is 9.59 Å². The van der Waals surface area contributed by atoms with Crippen molar-refractivity contribution in [1.29, 1.82) is 0 Å². The molecule has 1 N–H and O–H groups in total. The van der Waals surface area contributed by atoms with Crippen LogP contribution in [0.4, 0.5) is 0 Å². The lowest BCUT2D eigenvalue weighted by Crippen LogP contribution is -2.53. The van der Waals surface area contributed by atoms with E-state index in [1.54, 1.807) is 9.80 Å². The summed E-state index contributed by atoms with van der Waals surface area (Å²) in [5.41, 5.74) is 0. The third kappa shape index (κ3) is 3.53. The van der Waals surface area contributed by atoms with Crippen LogP contribution in [-0.4, -0.2) is 71.1 Å². The Morgan fingerprint density at radius 2 is 1.52 bits per heavy atom. The van der Waals surface area contributed by atoms with Crippen LogP contribution in [0.1, 0.15) is 26.7 Å². The van der Waals surface area contributed by atoms with Crippen LogP contribution in [0.15, 0.2) is 0 Å². The van der Waals surface area contributed by atoms with Crippen molar-refractivity contribution >= 4 is 17.8 Å². The quantitative estimate of drug-likeness (QED) is 0.789. The molecular weight excluding hydrogens is 276 g/mol. The minimum absolute atomic E-state index is 0.0401. The fourth-order valence-electron chi connectivity index (χ4n) is 2.72. The number of hydrogen-bond acceptors (Lipinski definition) is 4. The summed E-state index contributed by atoms with van der Waals surface area (Å²) in [6.07, 6.45) is -0.709. The van der Waals surface area contributed by atoms with E-state index in [0.29, 0.717) is 39.0 Å². The number of hydrogen-bond donors (Lipinski definition) is 1. The van der Waals surface area contributed by atoms with E-state index < -0.39 is 18.2 Å². The Morgan fingerprint density at radius 3 is 2.00 bits per heavy atom. The first-order chi connectivity index (χ1) is 9.90. The Balaban J connectivity index is 1.84. The molecule has 21 heavy (non-hydrogen) atoms. The molecule has 0 saturated carbocycles. The zero-order chi connectivity index (χ0) is 15.6. The van der Waals surface area contributed by atoms with E-state index in [1.807, 2.05) is 13.8 Å². The van der Waals surface area contributed by atoms with E-state index in [9.17, 15) is 14.4 Å². The molecule has 0 aromatic carbocycles. The van der Waals surface area contributed by atoms with Gasteiger partial charge in [-0.25, -0.2) is 4.79 Å². The number of amides is 2. The molecule has 0 bridgehead atoms. The Labute approximate surface area is 123 Å². The SMILES string of the molecule is CC(C)C(=O)N1CCN(C(=O)C2CCC(C(=O)O)O2)CC1. The van der Waals surface area contributed by atoms with Crippen LogP contribution in [0.2, 0.25) is 0 Å².